The van der Waals surface area contributed by atoms with Crippen molar-refractivity contribution in [3.63, 3.8) is 0 Å². The molecule has 0 bridgehead atoms. The van der Waals surface area contributed by atoms with Gasteiger partial charge in [0, 0.05) is 6.61 Å². The van der Waals surface area contributed by atoms with E-state index in [9.17, 15) is 13.2 Å². The first-order valence-corrected chi connectivity index (χ1v) is 3.83. The van der Waals surface area contributed by atoms with Crippen molar-refractivity contribution in [1.29, 1.82) is 0 Å². The lowest BCUT2D eigenvalue weighted by Gasteiger charge is -2.07. The third-order valence-corrected chi connectivity index (χ3v) is 1.74. The Balaban J connectivity index is 3.10. The Bertz CT molecular complexity index is 286. The van der Waals surface area contributed by atoms with E-state index in [0.717, 1.165) is 6.07 Å². The molecule has 4 heteroatoms. The average molecular weight is 190 g/mol. The predicted octanol–water partition coefficient (Wildman–Crippen LogP) is 2.30. The fourth-order valence-electron chi connectivity index (χ4n) is 1.16. The average Bonchev–Trinajstić information content (AvgIpc) is 2.04. The van der Waals surface area contributed by atoms with Crippen LogP contribution in [0.4, 0.5) is 13.2 Å². The summed E-state index contributed by atoms with van der Waals surface area (Å²) in [6.45, 7) is -0.261. The van der Waals surface area contributed by atoms with Gasteiger partial charge in [0.05, 0.1) is 5.56 Å². The number of aliphatic hydroxyl groups is 1. The lowest BCUT2D eigenvalue weighted by atomic mass is 10.0. The smallest absolute Gasteiger partial charge is 0.266 e. The lowest BCUT2D eigenvalue weighted by Crippen LogP contribution is -2.00. The van der Waals surface area contributed by atoms with Crippen molar-refractivity contribution < 1.29 is 18.3 Å². The summed E-state index contributed by atoms with van der Waals surface area (Å²) in [6, 6.07) is 3.73. The van der Waals surface area contributed by atoms with Crippen molar-refractivity contribution >= 4 is 0 Å². The van der Waals surface area contributed by atoms with Gasteiger partial charge in [-0.25, -0.2) is 13.2 Å². The van der Waals surface area contributed by atoms with Crippen LogP contribution in [-0.4, -0.2) is 11.7 Å². The second-order valence-electron chi connectivity index (χ2n) is 2.59. The molecule has 0 aliphatic rings. The van der Waals surface area contributed by atoms with Crippen LogP contribution in [0.15, 0.2) is 18.2 Å². The molecule has 0 saturated carbocycles. The summed E-state index contributed by atoms with van der Waals surface area (Å²) in [4.78, 5) is 0. The van der Waals surface area contributed by atoms with Gasteiger partial charge in [0.2, 0.25) is 0 Å². The van der Waals surface area contributed by atoms with Crippen LogP contribution in [-0.2, 0) is 6.42 Å². The van der Waals surface area contributed by atoms with Crippen LogP contribution in [0.1, 0.15) is 17.6 Å². The molecular weight excluding hydrogens is 181 g/mol. The standard InChI is InChI=1S/C9H9F3O/c10-7-3-1-2-6(4-5-13)8(7)9(11)12/h1-3,9,13H,4-5H2. The third kappa shape index (κ3) is 2.21. The highest BCUT2D eigenvalue weighted by Gasteiger charge is 2.17. The maximum atomic E-state index is 12.9. The van der Waals surface area contributed by atoms with Crippen molar-refractivity contribution in [3.8, 4) is 0 Å². The van der Waals surface area contributed by atoms with Crippen LogP contribution in [0.3, 0.4) is 0 Å². The molecule has 1 nitrogen and oxygen atoms in total. The Kier molecular flexibility index (Phi) is 3.31. The van der Waals surface area contributed by atoms with E-state index in [1.807, 2.05) is 0 Å². The molecule has 1 aromatic carbocycles. The van der Waals surface area contributed by atoms with Gasteiger partial charge < -0.3 is 5.11 Å². The highest BCUT2D eigenvalue weighted by Crippen LogP contribution is 2.25. The minimum Gasteiger partial charge on any atom is -0.396 e. The van der Waals surface area contributed by atoms with Gasteiger partial charge in [0.1, 0.15) is 5.82 Å². The summed E-state index contributed by atoms with van der Waals surface area (Å²) in [5, 5.41) is 8.55. The van der Waals surface area contributed by atoms with Crippen molar-refractivity contribution in [2.45, 2.75) is 12.8 Å². The number of benzene rings is 1. The second kappa shape index (κ2) is 4.28. The molecule has 0 heterocycles. The van der Waals surface area contributed by atoms with E-state index in [4.69, 9.17) is 5.11 Å². The Hall–Kier alpha value is -1.03. The van der Waals surface area contributed by atoms with Gasteiger partial charge in [-0.05, 0) is 18.1 Å². The molecule has 0 aliphatic heterocycles. The van der Waals surface area contributed by atoms with E-state index in [1.165, 1.54) is 12.1 Å². The van der Waals surface area contributed by atoms with Crippen LogP contribution in [0.25, 0.3) is 0 Å². The van der Waals surface area contributed by atoms with Gasteiger partial charge in [0.25, 0.3) is 6.43 Å². The zero-order valence-electron chi connectivity index (χ0n) is 6.80. The number of hydrogen-bond donors (Lipinski definition) is 1. The van der Waals surface area contributed by atoms with Crippen LogP contribution in [0.2, 0.25) is 0 Å². The molecule has 0 spiro atoms. The zero-order chi connectivity index (χ0) is 9.84. The summed E-state index contributed by atoms with van der Waals surface area (Å²) < 4.78 is 37.4. The predicted molar refractivity (Wildman–Crippen MR) is 42.1 cm³/mol. The summed E-state index contributed by atoms with van der Waals surface area (Å²) in [5.41, 5.74) is -0.436. The van der Waals surface area contributed by atoms with Crippen LogP contribution in [0, 0.1) is 5.82 Å². The first-order chi connectivity index (χ1) is 6.16. The summed E-state index contributed by atoms with van der Waals surface area (Å²) in [5.74, 6) is -0.916. The normalized spacial score (nSPS) is 10.8. The van der Waals surface area contributed by atoms with Gasteiger partial charge in [-0.3, -0.25) is 0 Å². The van der Waals surface area contributed by atoms with E-state index < -0.39 is 17.8 Å². The Morgan fingerprint density at radius 3 is 2.54 bits per heavy atom. The van der Waals surface area contributed by atoms with Crippen LogP contribution >= 0.6 is 0 Å². The fraction of sp³-hybridized carbons (Fsp3) is 0.333. The maximum absolute atomic E-state index is 12.9. The molecule has 1 aromatic rings. The second-order valence-corrected chi connectivity index (χ2v) is 2.59. The molecule has 0 aliphatic carbocycles. The van der Waals surface area contributed by atoms with Gasteiger partial charge in [-0.2, -0.15) is 0 Å². The number of hydrogen-bond acceptors (Lipinski definition) is 1. The van der Waals surface area contributed by atoms with Gasteiger partial charge in [-0.1, -0.05) is 12.1 Å². The molecule has 0 saturated heterocycles. The summed E-state index contributed by atoms with van der Waals surface area (Å²) >= 11 is 0. The van der Waals surface area contributed by atoms with Crippen LogP contribution in [0.5, 0.6) is 0 Å². The molecule has 72 valence electrons. The minimum atomic E-state index is -2.83. The van der Waals surface area contributed by atoms with E-state index in [1.54, 1.807) is 0 Å². The van der Waals surface area contributed by atoms with E-state index >= 15 is 0 Å². The molecule has 0 amide bonds. The largest absolute Gasteiger partial charge is 0.396 e. The van der Waals surface area contributed by atoms with E-state index in [0.29, 0.717) is 0 Å². The van der Waals surface area contributed by atoms with Crippen molar-refractivity contribution in [1.82, 2.24) is 0 Å². The lowest BCUT2D eigenvalue weighted by molar-refractivity contribution is 0.144. The van der Waals surface area contributed by atoms with E-state index in [2.05, 4.69) is 0 Å². The monoisotopic (exact) mass is 190 g/mol. The zero-order valence-corrected chi connectivity index (χ0v) is 6.80. The number of aliphatic hydroxyl groups excluding tert-OH is 1. The highest BCUT2D eigenvalue weighted by atomic mass is 19.3. The molecule has 13 heavy (non-hydrogen) atoms. The highest BCUT2D eigenvalue weighted by molar-refractivity contribution is 5.29. The molecule has 1 N–H and O–H groups in total. The third-order valence-electron chi connectivity index (χ3n) is 1.74. The van der Waals surface area contributed by atoms with Gasteiger partial charge in [0.15, 0.2) is 0 Å². The minimum absolute atomic E-state index is 0.0530. The first-order valence-electron chi connectivity index (χ1n) is 3.83. The molecule has 0 fully saturated rings. The molecule has 0 aromatic heterocycles. The molecule has 1 rings (SSSR count). The topological polar surface area (TPSA) is 20.2 Å². The van der Waals surface area contributed by atoms with Crippen LogP contribution < -0.4 is 0 Å². The molecule has 0 unspecified atom stereocenters. The van der Waals surface area contributed by atoms with Crippen molar-refractivity contribution in [2.75, 3.05) is 6.61 Å². The quantitative estimate of drug-likeness (QED) is 0.775. The molecular formula is C9H9F3O. The number of rotatable bonds is 3. The SMILES string of the molecule is OCCc1cccc(F)c1C(F)F. The molecule has 0 radical (unpaired) electrons. The van der Waals surface area contributed by atoms with Gasteiger partial charge >= 0.3 is 0 Å². The number of alkyl halides is 2. The summed E-state index contributed by atoms with van der Waals surface area (Å²) in [6.07, 6.45) is -2.78. The summed E-state index contributed by atoms with van der Waals surface area (Å²) in [7, 11) is 0. The van der Waals surface area contributed by atoms with Crippen molar-refractivity contribution in [2.24, 2.45) is 0 Å². The maximum Gasteiger partial charge on any atom is 0.266 e. The van der Waals surface area contributed by atoms with Gasteiger partial charge in [-0.15, -0.1) is 0 Å². The van der Waals surface area contributed by atoms with E-state index in [-0.39, 0.29) is 18.6 Å². The Labute approximate surface area is 73.8 Å². The van der Waals surface area contributed by atoms with Crippen molar-refractivity contribution in [3.05, 3.63) is 35.1 Å². The first kappa shape index (κ1) is 10.1. The molecule has 0 atom stereocenters. The Morgan fingerprint density at radius 2 is 2.00 bits per heavy atom. The Morgan fingerprint density at radius 1 is 1.31 bits per heavy atom. The number of halogens is 3. The fourth-order valence-corrected chi connectivity index (χ4v) is 1.16.